The Kier molecular flexibility index (Phi) is 2.79. The monoisotopic (exact) mass is 272 g/mol. The average molecular weight is 273 g/mol. The molecule has 1 heterocycles. The van der Waals surface area contributed by atoms with Gasteiger partial charge in [0.15, 0.2) is 11.6 Å². The smallest absolute Gasteiger partial charge is 0.181 e. The fourth-order valence-electron chi connectivity index (χ4n) is 2.50. The zero-order valence-electron chi connectivity index (χ0n) is 9.22. The second-order valence-electron chi connectivity index (χ2n) is 5.03. The van der Waals surface area contributed by atoms with E-state index in [0.717, 1.165) is 10.2 Å². The van der Waals surface area contributed by atoms with Gasteiger partial charge in [0, 0.05) is 5.92 Å². The molecule has 3 nitrogen and oxygen atoms in total. The van der Waals surface area contributed by atoms with E-state index in [4.69, 9.17) is 10.3 Å². The number of hydrogen-bond acceptors (Lipinski definition) is 3. The van der Waals surface area contributed by atoms with E-state index in [1.54, 1.807) is 0 Å². The molecule has 1 aliphatic rings. The van der Waals surface area contributed by atoms with Crippen LogP contribution in [0.25, 0.3) is 0 Å². The Hall–Kier alpha value is -0.510. The fourth-order valence-corrected chi connectivity index (χ4v) is 2.92. The number of nitrogens with two attached hydrogens (primary N) is 1. The van der Waals surface area contributed by atoms with Crippen LogP contribution >= 0.6 is 15.9 Å². The number of anilines is 1. The lowest BCUT2D eigenvalue weighted by atomic mass is 9.68. The maximum absolute atomic E-state index is 5.68. The van der Waals surface area contributed by atoms with Gasteiger partial charge in [-0.2, -0.15) is 0 Å². The molecule has 1 unspecified atom stereocenters. The van der Waals surface area contributed by atoms with Crippen LogP contribution in [0.2, 0.25) is 0 Å². The topological polar surface area (TPSA) is 52.0 Å². The molecule has 0 radical (unpaired) electrons. The lowest BCUT2D eigenvalue weighted by Gasteiger charge is -2.37. The van der Waals surface area contributed by atoms with E-state index in [1.807, 2.05) is 0 Å². The van der Waals surface area contributed by atoms with Gasteiger partial charge in [0.2, 0.25) is 0 Å². The van der Waals surface area contributed by atoms with Crippen LogP contribution in [0.5, 0.6) is 0 Å². The Labute approximate surface area is 98.5 Å². The molecule has 0 spiro atoms. The number of halogens is 1. The van der Waals surface area contributed by atoms with Gasteiger partial charge >= 0.3 is 0 Å². The summed E-state index contributed by atoms with van der Waals surface area (Å²) in [5.74, 6) is 1.83. The molecule has 4 heteroatoms. The van der Waals surface area contributed by atoms with Gasteiger partial charge < -0.3 is 10.3 Å². The molecule has 15 heavy (non-hydrogen) atoms. The van der Waals surface area contributed by atoms with Crippen LogP contribution in [0.4, 0.5) is 5.82 Å². The maximum Gasteiger partial charge on any atom is 0.181 e. The Morgan fingerprint density at radius 1 is 1.47 bits per heavy atom. The number of nitrogens with zero attached hydrogens (tertiary/aromatic N) is 1. The van der Waals surface area contributed by atoms with Crippen molar-refractivity contribution >= 4 is 21.7 Å². The van der Waals surface area contributed by atoms with E-state index < -0.39 is 0 Å². The summed E-state index contributed by atoms with van der Waals surface area (Å²) in [6, 6.07) is 0. The lowest BCUT2D eigenvalue weighted by molar-refractivity contribution is 0.168. The van der Waals surface area contributed by atoms with E-state index in [-0.39, 0.29) is 5.41 Å². The molecule has 1 aliphatic carbocycles. The molecule has 0 aliphatic heterocycles. The van der Waals surface area contributed by atoms with Gasteiger partial charge in [0.1, 0.15) is 4.47 Å². The third-order valence-corrected chi connectivity index (χ3v) is 4.30. The molecular formula is C11H17BrN2O. The third-order valence-electron chi connectivity index (χ3n) is 3.51. The highest BCUT2D eigenvalue weighted by molar-refractivity contribution is 9.10. The van der Waals surface area contributed by atoms with Crippen LogP contribution in [0.3, 0.4) is 0 Å². The highest BCUT2D eigenvalue weighted by atomic mass is 79.9. The maximum atomic E-state index is 5.68. The number of rotatable bonds is 1. The summed E-state index contributed by atoms with van der Waals surface area (Å²) >= 11 is 3.46. The van der Waals surface area contributed by atoms with Crippen molar-refractivity contribution in [3.8, 4) is 0 Å². The Bertz CT molecular complexity index is 359. The average Bonchev–Trinajstić information content (AvgIpc) is 2.48. The Morgan fingerprint density at radius 2 is 2.20 bits per heavy atom. The number of aromatic nitrogens is 1. The first-order valence-corrected chi connectivity index (χ1v) is 6.22. The summed E-state index contributed by atoms with van der Waals surface area (Å²) in [4.78, 5) is 0. The summed E-state index contributed by atoms with van der Waals surface area (Å²) < 4.78 is 6.20. The minimum Gasteiger partial charge on any atom is -0.380 e. The van der Waals surface area contributed by atoms with Crippen molar-refractivity contribution in [1.82, 2.24) is 5.16 Å². The van der Waals surface area contributed by atoms with Gasteiger partial charge in [-0.25, -0.2) is 0 Å². The molecule has 0 bridgehead atoms. The molecule has 1 aromatic rings. The summed E-state index contributed by atoms with van der Waals surface area (Å²) in [6.07, 6.45) is 4.98. The van der Waals surface area contributed by atoms with Crippen molar-refractivity contribution in [3.05, 3.63) is 10.2 Å². The molecule has 0 aromatic carbocycles. The normalized spacial score (nSPS) is 25.4. The minimum atomic E-state index is 0.284. The summed E-state index contributed by atoms with van der Waals surface area (Å²) in [7, 11) is 0. The second-order valence-corrected chi connectivity index (χ2v) is 5.83. The summed E-state index contributed by atoms with van der Waals surface area (Å²) in [5.41, 5.74) is 5.97. The molecule has 1 atom stereocenters. The van der Waals surface area contributed by atoms with Crippen LogP contribution in [0.1, 0.15) is 51.2 Å². The summed E-state index contributed by atoms with van der Waals surface area (Å²) in [5, 5.41) is 3.81. The zero-order chi connectivity index (χ0) is 11.1. The summed E-state index contributed by atoms with van der Waals surface area (Å²) in [6.45, 7) is 4.59. The fraction of sp³-hybridized carbons (Fsp3) is 0.727. The molecule has 0 saturated heterocycles. The molecule has 1 aromatic heterocycles. The standard InChI is InChI=1S/C11H17BrN2O/c1-11(2)6-4-3-5-7(11)9-8(12)10(13)14-15-9/h7H,3-6H2,1-2H3,(H2,13,14). The van der Waals surface area contributed by atoms with E-state index in [9.17, 15) is 0 Å². The first-order valence-electron chi connectivity index (χ1n) is 5.43. The van der Waals surface area contributed by atoms with E-state index in [2.05, 4.69) is 34.9 Å². The molecule has 84 valence electrons. The third kappa shape index (κ3) is 1.92. The highest BCUT2D eigenvalue weighted by Crippen LogP contribution is 2.49. The van der Waals surface area contributed by atoms with Gasteiger partial charge in [-0.05, 0) is 34.2 Å². The first-order chi connectivity index (χ1) is 7.02. The van der Waals surface area contributed by atoms with Crippen molar-refractivity contribution in [2.24, 2.45) is 5.41 Å². The molecular weight excluding hydrogens is 256 g/mol. The van der Waals surface area contributed by atoms with Gasteiger partial charge in [-0.1, -0.05) is 31.8 Å². The molecule has 2 N–H and O–H groups in total. The molecule has 1 saturated carbocycles. The van der Waals surface area contributed by atoms with Gasteiger partial charge in [0.25, 0.3) is 0 Å². The molecule has 0 amide bonds. The van der Waals surface area contributed by atoms with Crippen LogP contribution in [0, 0.1) is 5.41 Å². The van der Waals surface area contributed by atoms with Crippen molar-refractivity contribution in [1.29, 1.82) is 0 Å². The zero-order valence-corrected chi connectivity index (χ0v) is 10.8. The van der Waals surface area contributed by atoms with Crippen molar-refractivity contribution in [3.63, 3.8) is 0 Å². The van der Waals surface area contributed by atoms with Gasteiger partial charge in [-0.3, -0.25) is 0 Å². The Balaban J connectivity index is 2.33. The molecule has 1 fully saturated rings. The predicted molar refractivity (Wildman–Crippen MR) is 63.6 cm³/mol. The Morgan fingerprint density at radius 3 is 2.73 bits per heavy atom. The van der Waals surface area contributed by atoms with Crippen LogP contribution < -0.4 is 5.73 Å². The number of hydrogen-bond donors (Lipinski definition) is 1. The number of nitrogen functional groups attached to an aromatic ring is 1. The highest BCUT2D eigenvalue weighted by Gasteiger charge is 2.37. The van der Waals surface area contributed by atoms with E-state index in [0.29, 0.717) is 11.7 Å². The SMILES string of the molecule is CC1(C)CCCCC1c1onc(N)c1Br. The van der Waals surface area contributed by atoms with Crippen LogP contribution in [-0.2, 0) is 0 Å². The van der Waals surface area contributed by atoms with E-state index in [1.165, 1.54) is 25.7 Å². The van der Waals surface area contributed by atoms with Crippen LogP contribution in [-0.4, -0.2) is 5.16 Å². The first kappa shape index (κ1) is 11.0. The van der Waals surface area contributed by atoms with Crippen LogP contribution in [0.15, 0.2) is 9.00 Å². The predicted octanol–water partition coefficient (Wildman–Crippen LogP) is 3.70. The lowest BCUT2D eigenvalue weighted by Crippen LogP contribution is -2.25. The minimum absolute atomic E-state index is 0.284. The van der Waals surface area contributed by atoms with Crippen molar-refractivity contribution in [2.75, 3.05) is 5.73 Å². The van der Waals surface area contributed by atoms with Crippen molar-refractivity contribution in [2.45, 2.75) is 45.4 Å². The second kappa shape index (κ2) is 3.81. The van der Waals surface area contributed by atoms with Gasteiger partial charge in [0.05, 0.1) is 0 Å². The van der Waals surface area contributed by atoms with Crippen molar-refractivity contribution < 1.29 is 4.52 Å². The molecule has 2 rings (SSSR count). The largest absolute Gasteiger partial charge is 0.380 e. The quantitative estimate of drug-likeness (QED) is 0.848. The van der Waals surface area contributed by atoms with Gasteiger partial charge in [-0.15, -0.1) is 0 Å². The van der Waals surface area contributed by atoms with E-state index >= 15 is 0 Å².